The summed E-state index contributed by atoms with van der Waals surface area (Å²) in [7, 11) is 1.30. The van der Waals surface area contributed by atoms with Crippen molar-refractivity contribution in [1.82, 2.24) is 0 Å². The fraction of sp³-hybridized carbons (Fsp3) is 0.567. The monoisotopic (exact) mass is 514 g/mol. The average Bonchev–Trinajstić information content (AvgIpc) is 2.84. The first-order valence-corrected chi connectivity index (χ1v) is 12.7. The molecular formula is C30H42O7. The number of aliphatic hydroxyl groups is 1. The van der Waals surface area contributed by atoms with Crippen LogP contribution in [0.5, 0.6) is 0 Å². The normalized spacial score (nSPS) is 15.4. The molecule has 2 unspecified atom stereocenters. The minimum atomic E-state index is -1.23. The summed E-state index contributed by atoms with van der Waals surface area (Å²) in [6.07, 6.45) is 0.591. The molecule has 2 aromatic rings. The summed E-state index contributed by atoms with van der Waals surface area (Å²) in [6.45, 7) is 11.7. The van der Waals surface area contributed by atoms with Gasteiger partial charge in [0.1, 0.15) is 13.2 Å². The SMILES string of the molecule is CCC(C)(CC(C)(CC(C)(C)C(=O)OC)C(=O)OCC(C)(C)O)C(=O)OCc1cccc2ccccc12. The van der Waals surface area contributed by atoms with Gasteiger partial charge >= 0.3 is 17.9 Å². The van der Waals surface area contributed by atoms with Crippen LogP contribution in [0.2, 0.25) is 0 Å². The predicted molar refractivity (Wildman–Crippen MR) is 143 cm³/mol. The zero-order chi connectivity index (χ0) is 28.1. The minimum Gasteiger partial charge on any atom is -0.469 e. The lowest BCUT2D eigenvalue weighted by atomic mass is 9.65. The van der Waals surface area contributed by atoms with Crippen LogP contribution in [0.4, 0.5) is 0 Å². The van der Waals surface area contributed by atoms with E-state index < -0.39 is 39.8 Å². The van der Waals surface area contributed by atoms with Crippen LogP contribution in [-0.4, -0.2) is 42.3 Å². The van der Waals surface area contributed by atoms with Crippen molar-refractivity contribution < 1.29 is 33.7 Å². The minimum absolute atomic E-state index is 0.0869. The highest BCUT2D eigenvalue weighted by Gasteiger charge is 2.50. The molecule has 37 heavy (non-hydrogen) atoms. The number of esters is 3. The maximum absolute atomic E-state index is 13.5. The lowest BCUT2D eigenvalue weighted by Gasteiger charge is -2.39. The first-order valence-electron chi connectivity index (χ1n) is 12.7. The topological polar surface area (TPSA) is 99.1 Å². The third kappa shape index (κ3) is 7.78. The van der Waals surface area contributed by atoms with Crippen molar-refractivity contribution in [2.45, 2.75) is 79.9 Å². The average molecular weight is 515 g/mol. The number of carbonyl (C=O) groups excluding carboxylic acids is 3. The Hall–Kier alpha value is -2.93. The molecule has 2 aromatic carbocycles. The standard InChI is InChI=1S/C30H42O7/c1-9-29(6,25(32)36-17-22-15-12-14-21-13-10-11-16-23(21)22)19-30(7,18-27(2,3)24(31)35-8)26(33)37-20-28(4,5)34/h10-16,34H,9,17-20H2,1-8H3. The Morgan fingerprint density at radius 3 is 1.97 bits per heavy atom. The van der Waals surface area contributed by atoms with Gasteiger partial charge in [-0.15, -0.1) is 0 Å². The van der Waals surface area contributed by atoms with Crippen molar-refractivity contribution in [3.05, 3.63) is 48.0 Å². The van der Waals surface area contributed by atoms with E-state index in [9.17, 15) is 19.5 Å². The Morgan fingerprint density at radius 1 is 0.784 bits per heavy atom. The molecule has 0 spiro atoms. The molecule has 0 radical (unpaired) electrons. The quantitative estimate of drug-likeness (QED) is 0.291. The number of fused-ring (bicyclic) bond motifs is 1. The van der Waals surface area contributed by atoms with Crippen LogP contribution in [0.15, 0.2) is 42.5 Å². The van der Waals surface area contributed by atoms with Gasteiger partial charge in [-0.25, -0.2) is 0 Å². The molecule has 204 valence electrons. The number of benzene rings is 2. The third-order valence-electron chi connectivity index (χ3n) is 6.91. The van der Waals surface area contributed by atoms with Crippen molar-refractivity contribution in [3.8, 4) is 0 Å². The highest BCUT2D eigenvalue weighted by Crippen LogP contribution is 2.46. The van der Waals surface area contributed by atoms with Crippen LogP contribution in [-0.2, 0) is 35.2 Å². The second-order valence-electron chi connectivity index (χ2n) is 11.8. The van der Waals surface area contributed by atoms with Crippen LogP contribution in [0, 0.1) is 16.2 Å². The molecule has 0 heterocycles. The maximum atomic E-state index is 13.5. The van der Waals surface area contributed by atoms with Crippen LogP contribution < -0.4 is 0 Å². The van der Waals surface area contributed by atoms with E-state index in [1.807, 2.05) is 49.4 Å². The maximum Gasteiger partial charge on any atom is 0.312 e. The van der Waals surface area contributed by atoms with Gasteiger partial charge in [0, 0.05) is 0 Å². The van der Waals surface area contributed by atoms with Crippen molar-refractivity contribution in [3.63, 3.8) is 0 Å². The summed E-state index contributed by atoms with van der Waals surface area (Å²) in [5, 5.41) is 12.2. The fourth-order valence-corrected chi connectivity index (χ4v) is 4.89. The summed E-state index contributed by atoms with van der Waals surface area (Å²) in [6, 6.07) is 13.7. The van der Waals surface area contributed by atoms with Gasteiger partial charge in [0.25, 0.3) is 0 Å². The molecule has 0 aliphatic heterocycles. The van der Waals surface area contributed by atoms with Gasteiger partial charge in [-0.2, -0.15) is 0 Å². The Bertz CT molecular complexity index is 1110. The highest BCUT2D eigenvalue weighted by molar-refractivity contribution is 5.86. The molecule has 2 atom stereocenters. The molecular weight excluding hydrogens is 472 g/mol. The van der Waals surface area contributed by atoms with Gasteiger partial charge in [-0.3, -0.25) is 14.4 Å². The number of hydrogen-bond acceptors (Lipinski definition) is 7. The molecule has 7 heteroatoms. The van der Waals surface area contributed by atoms with E-state index >= 15 is 0 Å². The number of methoxy groups -OCH3 is 1. The Morgan fingerprint density at radius 2 is 1.38 bits per heavy atom. The van der Waals surface area contributed by atoms with Gasteiger partial charge in [0.15, 0.2) is 0 Å². The van der Waals surface area contributed by atoms with Crippen LogP contribution >= 0.6 is 0 Å². The summed E-state index contributed by atoms with van der Waals surface area (Å²) in [4.78, 5) is 39.4. The zero-order valence-electron chi connectivity index (χ0n) is 23.5. The largest absolute Gasteiger partial charge is 0.469 e. The van der Waals surface area contributed by atoms with Crippen LogP contribution in [0.1, 0.15) is 73.3 Å². The molecule has 0 saturated carbocycles. The lowest BCUT2D eigenvalue weighted by molar-refractivity contribution is -0.172. The van der Waals surface area contributed by atoms with Crippen LogP contribution in [0.25, 0.3) is 10.8 Å². The van der Waals surface area contributed by atoms with Crippen LogP contribution in [0.3, 0.4) is 0 Å². The Balaban J connectivity index is 2.32. The molecule has 0 bridgehead atoms. The van der Waals surface area contributed by atoms with E-state index in [1.165, 1.54) is 21.0 Å². The molecule has 1 N–H and O–H groups in total. The molecule has 0 fully saturated rings. The second-order valence-corrected chi connectivity index (χ2v) is 11.8. The first kappa shape index (κ1) is 30.3. The van der Waals surface area contributed by atoms with E-state index in [-0.39, 0.29) is 26.1 Å². The highest BCUT2D eigenvalue weighted by atomic mass is 16.5. The summed E-state index contributed by atoms with van der Waals surface area (Å²) in [5.41, 5.74) is -3.60. The smallest absolute Gasteiger partial charge is 0.312 e. The Kier molecular flexibility index (Phi) is 9.53. The Labute approximate surface area is 220 Å². The van der Waals surface area contributed by atoms with Crippen molar-refractivity contribution >= 4 is 28.7 Å². The van der Waals surface area contributed by atoms with E-state index in [0.29, 0.717) is 6.42 Å². The van der Waals surface area contributed by atoms with E-state index in [2.05, 4.69) is 0 Å². The molecule has 0 amide bonds. The van der Waals surface area contributed by atoms with Crippen molar-refractivity contribution in [2.24, 2.45) is 16.2 Å². The number of ether oxygens (including phenoxy) is 3. The lowest BCUT2D eigenvalue weighted by Crippen LogP contribution is -2.45. The number of hydrogen-bond donors (Lipinski definition) is 1. The molecule has 0 saturated heterocycles. The fourth-order valence-electron chi connectivity index (χ4n) is 4.89. The second kappa shape index (κ2) is 11.6. The third-order valence-corrected chi connectivity index (χ3v) is 6.91. The predicted octanol–water partition coefficient (Wildman–Crippen LogP) is 5.60. The van der Waals surface area contributed by atoms with Gasteiger partial charge in [-0.05, 0) is 77.1 Å². The molecule has 7 nitrogen and oxygen atoms in total. The van der Waals surface area contributed by atoms with E-state index in [0.717, 1.165) is 16.3 Å². The summed E-state index contributed by atoms with van der Waals surface area (Å²) >= 11 is 0. The number of rotatable bonds is 12. The molecule has 0 aromatic heterocycles. The molecule has 0 aliphatic rings. The number of carbonyl (C=O) groups is 3. The summed E-state index contributed by atoms with van der Waals surface area (Å²) < 4.78 is 16.3. The van der Waals surface area contributed by atoms with Gasteiger partial charge in [-0.1, -0.05) is 49.4 Å². The molecule has 0 aliphatic carbocycles. The first-order chi connectivity index (χ1) is 17.1. The van der Waals surface area contributed by atoms with E-state index in [1.54, 1.807) is 27.7 Å². The van der Waals surface area contributed by atoms with E-state index in [4.69, 9.17) is 14.2 Å². The zero-order valence-corrected chi connectivity index (χ0v) is 23.5. The van der Waals surface area contributed by atoms with Gasteiger partial charge in [0.2, 0.25) is 0 Å². The van der Waals surface area contributed by atoms with Crippen molar-refractivity contribution in [2.75, 3.05) is 13.7 Å². The van der Waals surface area contributed by atoms with Crippen molar-refractivity contribution in [1.29, 1.82) is 0 Å². The molecule has 2 rings (SSSR count). The van der Waals surface area contributed by atoms with Gasteiger partial charge in [0.05, 0.1) is 29.0 Å². The van der Waals surface area contributed by atoms with Gasteiger partial charge < -0.3 is 19.3 Å². The summed E-state index contributed by atoms with van der Waals surface area (Å²) in [5.74, 6) is -1.49.